The Morgan fingerprint density at radius 3 is 2.60 bits per heavy atom. The molecule has 20 heavy (non-hydrogen) atoms. The van der Waals surface area contributed by atoms with Crippen LogP contribution in [0.15, 0.2) is 11.6 Å². The van der Waals surface area contributed by atoms with Gasteiger partial charge < -0.3 is 10.2 Å². The van der Waals surface area contributed by atoms with Gasteiger partial charge in [-0.1, -0.05) is 6.92 Å². The molecule has 2 amide bonds. The molecule has 1 fully saturated rings. The molecule has 1 N–H and O–H groups in total. The lowest BCUT2D eigenvalue weighted by molar-refractivity contribution is -0.161. The van der Waals surface area contributed by atoms with Crippen LogP contribution in [0.4, 0.5) is 0 Å². The minimum absolute atomic E-state index is 0.0656. The van der Waals surface area contributed by atoms with E-state index in [0.717, 1.165) is 5.01 Å². The second kappa shape index (κ2) is 4.84. The molecule has 2 rings (SSSR count). The highest BCUT2D eigenvalue weighted by Gasteiger charge is 2.51. The van der Waals surface area contributed by atoms with Crippen LogP contribution in [-0.2, 0) is 15.1 Å². The summed E-state index contributed by atoms with van der Waals surface area (Å²) >= 11 is 1.50. The second-order valence-electron chi connectivity index (χ2n) is 6.11. The van der Waals surface area contributed by atoms with Crippen LogP contribution >= 0.6 is 11.3 Å². The van der Waals surface area contributed by atoms with E-state index < -0.39 is 17.1 Å². The Balaban J connectivity index is 2.49. The number of piperazine rings is 1. The lowest BCUT2D eigenvalue weighted by Gasteiger charge is -2.49. The zero-order chi connectivity index (χ0) is 15.1. The highest BCUT2D eigenvalue weighted by Crippen LogP contribution is 2.35. The van der Waals surface area contributed by atoms with E-state index in [0.29, 0.717) is 6.42 Å². The largest absolute Gasteiger partial charge is 0.340 e. The Kier molecular flexibility index (Phi) is 3.62. The zero-order valence-corrected chi connectivity index (χ0v) is 13.4. The van der Waals surface area contributed by atoms with Crippen molar-refractivity contribution in [2.24, 2.45) is 0 Å². The second-order valence-corrected chi connectivity index (χ2v) is 7.00. The summed E-state index contributed by atoms with van der Waals surface area (Å²) < 4.78 is 0. The molecule has 1 aromatic rings. The maximum absolute atomic E-state index is 12.8. The standard InChI is InChI=1S/C14H21N3O2S/c1-6-9-10(18)16-13(2,3)12(19)17(9)14(4,5)11-15-7-8-20-11/h7-9H,6H2,1-5H3,(H,16,18). The van der Waals surface area contributed by atoms with Crippen molar-refractivity contribution in [2.75, 3.05) is 0 Å². The normalized spacial score (nSPS) is 22.9. The first-order chi connectivity index (χ1) is 9.21. The molecule has 6 heteroatoms. The molecular formula is C14H21N3O2S. The van der Waals surface area contributed by atoms with E-state index in [1.54, 1.807) is 24.9 Å². The van der Waals surface area contributed by atoms with E-state index in [-0.39, 0.29) is 11.8 Å². The minimum atomic E-state index is -0.878. The average Bonchev–Trinajstić information content (AvgIpc) is 2.86. The van der Waals surface area contributed by atoms with Crippen molar-refractivity contribution < 1.29 is 9.59 Å². The Hall–Kier alpha value is -1.43. The van der Waals surface area contributed by atoms with E-state index >= 15 is 0 Å². The van der Waals surface area contributed by atoms with Crippen molar-refractivity contribution in [3.8, 4) is 0 Å². The third kappa shape index (κ3) is 2.22. The van der Waals surface area contributed by atoms with Gasteiger partial charge >= 0.3 is 0 Å². The van der Waals surface area contributed by atoms with Gasteiger partial charge in [0.1, 0.15) is 16.6 Å². The molecule has 0 saturated carbocycles. The maximum Gasteiger partial charge on any atom is 0.249 e. The fourth-order valence-electron chi connectivity index (χ4n) is 2.64. The molecule has 0 radical (unpaired) electrons. The van der Waals surface area contributed by atoms with Gasteiger partial charge in [-0.25, -0.2) is 4.98 Å². The van der Waals surface area contributed by atoms with Crippen LogP contribution in [-0.4, -0.2) is 33.3 Å². The van der Waals surface area contributed by atoms with E-state index in [1.165, 1.54) is 11.3 Å². The molecule has 0 spiro atoms. The quantitative estimate of drug-likeness (QED) is 0.926. The first-order valence-electron chi connectivity index (χ1n) is 6.77. The van der Waals surface area contributed by atoms with Crippen LogP contribution in [0.5, 0.6) is 0 Å². The van der Waals surface area contributed by atoms with Gasteiger partial charge in [-0.3, -0.25) is 9.59 Å². The molecule has 110 valence electrons. The van der Waals surface area contributed by atoms with Crippen molar-refractivity contribution >= 4 is 23.2 Å². The van der Waals surface area contributed by atoms with Crippen LogP contribution < -0.4 is 5.32 Å². The molecule has 0 aliphatic carbocycles. The van der Waals surface area contributed by atoms with Gasteiger partial charge in [-0.15, -0.1) is 11.3 Å². The summed E-state index contributed by atoms with van der Waals surface area (Å²) in [6, 6.07) is -0.450. The molecule has 2 heterocycles. The lowest BCUT2D eigenvalue weighted by Crippen LogP contribution is -2.71. The van der Waals surface area contributed by atoms with Gasteiger partial charge in [-0.2, -0.15) is 0 Å². The topological polar surface area (TPSA) is 62.3 Å². The van der Waals surface area contributed by atoms with E-state index in [4.69, 9.17) is 0 Å². The van der Waals surface area contributed by atoms with Gasteiger partial charge in [0.25, 0.3) is 0 Å². The Morgan fingerprint density at radius 1 is 1.45 bits per heavy atom. The molecule has 1 atom stereocenters. The highest BCUT2D eigenvalue weighted by molar-refractivity contribution is 7.09. The Labute approximate surface area is 123 Å². The summed E-state index contributed by atoms with van der Waals surface area (Å²) in [5.74, 6) is -0.161. The first kappa shape index (κ1) is 15.0. The summed E-state index contributed by atoms with van der Waals surface area (Å²) in [6.07, 6.45) is 2.31. The number of aromatic nitrogens is 1. The summed E-state index contributed by atoms with van der Waals surface area (Å²) in [4.78, 5) is 31.1. The molecule has 1 aliphatic rings. The molecule has 5 nitrogen and oxygen atoms in total. The van der Waals surface area contributed by atoms with Crippen LogP contribution in [0.2, 0.25) is 0 Å². The molecule has 0 bridgehead atoms. The van der Waals surface area contributed by atoms with Crippen molar-refractivity contribution in [2.45, 2.75) is 58.2 Å². The number of rotatable bonds is 3. The van der Waals surface area contributed by atoms with Gasteiger partial charge in [-0.05, 0) is 34.1 Å². The van der Waals surface area contributed by atoms with Crippen LogP contribution in [0.3, 0.4) is 0 Å². The van der Waals surface area contributed by atoms with Crippen molar-refractivity contribution in [1.82, 2.24) is 15.2 Å². The van der Waals surface area contributed by atoms with Gasteiger partial charge in [0, 0.05) is 11.6 Å². The molecule has 1 saturated heterocycles. The number of hydrogen-bond donors (Lipinski definition) is 1. The number of nitrogens with zero attached hydrogens (tertiary/aromatic N) is 2. The maximum atomic E-state index is 12.8. The van der Waals surface area contributed by atoms with Crippen LogP contribution in [0.1, 0.15) is 46.0 Å². The van der Waals surface area contributed by atoms with Crippen LogP contribution in [0, 0.1) is 0 Å². The Morgan fingerprint density at radius 2 is 2.10 bits per heavy atom. The zero-order valence-electron chi connectivity index (χ0n) is 12.6. The summed E-state index contributed by atoms with van der Waals surface area (Å²) in [5, 5.41) is 5.54. The predicted molar refractivity (Wildman–Crippen MR) is 78.3 cm³/mol. The smallest absolute Gasteiger partial charge is 0.249 e. The summed E-state index contributed by atoms with van der Waals surface area (Å²) in [7, 11) is 0. The number of amides is 2. The fraction of sp³-hybridized carbons (Fsp3) is 0.643. The number of thiazole rings is 1. The van der Waals surface area contributed by atoms with Gasteiger partial charge in [0.15, 0.2) is 0 Å². The summed E-state index contributed by atoms with van der Waals surface area (Å²) in [6.45, 7) is 9.29. The SMILES string of the molecule is CCC1C(=O)NC(C)(C)C(=O)N1C(C)(C)c1nccs1. The van der Waals surface area contributed by atoms with Crippen molar-refractivity contribution in [3.63, 3.8) is 0 Å². The van der Waals surface area contributed by atoms with E-state index in [2.05, 4.69) is 10.3 Å². The van der Waals surface area contributed by atoms with Crippen molar-refractivity contribution in [3.05, 3.63) is 16.6 Å². The number of carbonyl (C=O) groups excluding carboxylic acids is 2. The predicted octanol–water partition coefficient (Wildman–Crippen LogP) is 1.89. The third-order valence-electron chi connectivity index (χ3n) is 3.75. The average molecular weight is 295 g/mol. The number of nitrogens with one attached hydrogen (secondary N) is 1. The first-order valence-corrected chi connectivity index (χ1v) is 7.65. The monoisotopic (exact) mass is 295 g/mol. The number of hydrogen-bond acceptors (Lipinski definition) is 4. The van der Waals surface area contributed by atoms with Gasteiger partial charge in [0.05, 0.1) is 5.54 Å². The highest BCUT2D eigenvalue weighted by atomic mass is 32.1. The molecule has 1 aliphatic heterocycles. The third-order valence-corrected chi connectivity index (χ3v) is 4.83. The Bertz CT molecular complexity index is 523. The fourth-order valence-corrected chi connectivity index (χ4v) is 3.40. The summed E-state index contributed by atoms with van der Waals surface area (Å²) in [5.41, 5.74) is -1.47. The minimum Gasteiger partial charge on any atom is -0.340 e. The molecule has 0 aromatic carbocycles. The van der Waals surface area contributed by atoms with E-state index in [1.807, 2.05) is 26.2 Å². The molecular weight excluding hydrogens is 274 g/mol. The van der Waals surface area contributed by atoms with Crippen LogP contribution in [0.25, 0.3) is 0 Å². The number of carbonyl (C=O) groups is 2. The molecule has 1 aromatic heterocycles. The van der Waals surface area contributed by atoms with Crippen molar-refractivity contribution in [1.29, 1.82) is 0 Å². The van der Waals surface area contributed by atoms with E-state index in [9.17, 15) is 9.59 Å². The van der Waals surface area contributed by atoms with Gasteiger partial charge in [0.2, 0.25) is 11.8 Å². The lowest BCUT2D eigenvalue weighted by atomic mass is 9.89. The molecule has 1 unspecified atom stereocenters.